The van der Waals surface area contributed by atoms with Gasteiger partial charge in [0.2, 0.25) is 11.8 Å². The third-order valence-electron chi connectivity index (χ3n) is 5.30. The fourth-order valence-corrected chi connectivity index (χ4v) is 3.74. The maximum atomic E-state index is 12.3. The van der Waals surface area contributed by atoms with E-state index < -0.39 is 0 Å². The first-order valence-corrected chi connectivity index (χ1v) is 10.5. The van der Waals surface area contributed by atoms with Crippen molar-refractivity contribution in [3.8, 4) is 0 Å². The SMILES string of the molecule is O=C(CN1CCCCCC1)Nc1ccc(NC(=O)Cn2nc3ccccn3c2=O)cc1. The van der Waals surface area contributed by atoms with Crippen LogP contribution < -0.4 is 16.3 Å². The Hall–Kier alpha value is -3.46. The minimum atomic E-state index is -0.367. The van der Waals surface area contributed by atoms with Gasteiger partial charge in [0, 0.05) is 17.6 Å². The van der Waals surface area contributed by atoms with E-state index in [1.165, 1.54) is 17.2 Å². The number of rotatable bonds is 6. The van der Waals surface area contributed by atoms with E-state index in [2.05, 4.69) is 20.6 Å². The highest BCUT2D eigenvalue weighted by Crippen LogP contribution is 2.14. The predicted molar refractivity (Wildman–Crippen MR) is 118 cm³/mol. The Morgan fingerprint density at radius 3 is 2.06 bits per heavy atom. The molecule has 0 radical (unpaired) electrons. The van der Waals surface area contributed by atoms with Crippen molar-refractivity contribution in [1.82, 2.24) is 19.1 Å². The highest BCUT2D eigenvalue weighted by atomic mass is 16.2. The number of aromatic nitrogens is 3. The van der Waals surface area contributed by atoms with Crippen molar-refractivity contribution in [3.05, 3.63) is 59.1 Å². The summed E-state index contributed by atoms with van der Waals surface area (Å²) in [6, 6.07) is 12.1. The van der Waals surface area contributed by atoms with Gasteiger partial charge in [-0.2, -0.15) is 0 Å². The van der Waals surface area contributed by atoms with Crippen LogP contribution in [0.2, 0.25) is 0 Å². The number of hydrogen-bond acceptors (Lipinski definition) is 5. The standard InChI is InChI=1S/C22H26N6O3/c29-20(15-26-12-4-1-2-5-13-26)23-17-8-10-18(11-9-17)24-21(30)16-28-22(31)27-14-6-3-7-19(27)25-28/h3,6-11,14H,1-2,4-5,12-13,15-16H2,(H,23,29)(H,24,30). The minimum Gasteiger partial charge on any atom is -0.325 e. The second-order valence-electron chi connectivity index (χ2n) is 7.73. The number of nitrogens with zero attached hydrogens (tertiary/aromatic N) is 4. The van der Waals surface area contributed by atoms with Gasteiger partial charge in [0.15, 0.2) is 5.65 Å². The van der Waals surface area contributed by atoms with E-state index in [9.17, 15) is 14.4 Å². The number of hydrogen-bond donors (Lipinski definition) is 2. The van der Waals surface area contributed by atoms with Crippen LogP contribution in [-0.4, -0.2) is 50.5 Å². The third-order valence-corrected chi connectivity index (χ3v) is 5.30. The zero-order valence-electron chi connectivity index (χ0n) is 17.3. The van der Waals surface area contributed by atoms with Crippen LogP contribution in [0, 0.1) is 0 Å². The number of carbonyl (C=O) groups excluding carboxylic acids is 2. The number of benzene rings is 1. The fourth-order valence-electron chi connectivity index (χ4n) is 3.74. The van der Waals surface area contributed by atoms with Crippen molar-refractivity contribution >= 4 is 28.8 Å². The molecule has 4 rings (SSSR count). The van der Waals surface area contributed by atoms with E-state index in [1.807, 2.05) is 0 Å². The summed E-state index contributed by atoms with van der Waals surface area (Å²) in [4.78, 5) is 39.1. The van der Waals surface area contributed by atoms with Crippen molar-refractivity contribution in [1.29, 1.82) is 0 Å². The summed E-state index contributed by atoms with van der Waals surface area (Å²) in [5, 5.41) is 9.80. The fraction of sp³-hybridized carbons (Fsp3) is 0.364. The summed E-state index contributed by atoms with van der Waals surface area (Å²) in [7, 11) is 0. The van der Waals surface area contributed by atoms with E-state index >= 15 is 0 Å². The van der Waals surface area contributed by atoms with Crippen molar-refractivity contribution < 1.29 is 9.59 Å². The first-order valence-electron chi connectivity index (χ1n) is 10.5. The maximum absolute atomic E-state index is 12.3. The Morgan fingerprint density at radius 2 is 1.45 bits per heavy atom. The second-order valence-corrected chi connectivity index (χ2v) is 7.73. The lowest BCUT2D eigenvalue weighted by atomic mass is 10.2. The largest absolute Gasteiger partial charge is 0.350 e. The van der Waals surface area contributed by atoms with Crippen molar-refractivity contribution in [3.63, 3.8) is 0 Å². The summed E-state index contributed by atoms with van der Waals surface area (Å²) in [5.74, 6) is -0.395. The molecule has 31 heavy (non-hydrogen) atoms. The van der Waals surface area contributed by atoms with Crippen LogP contribution >= 0.6 is 0 Å². The van der Waals surface area contributed by atoms with E-state index in [1.54, 1.807) is 48.7 Å². The van der Waals surface area contributed by atoms with E-state index in [0.717, 1.165) is 30.6 Å². The molecule has 1 aliphatic rings. The molecular weight excluding hydrogens is 396 g/mol. The van der Waals surface area contributed by atoms with Crippen LogP contribution in [0.5, 0.6) is 0 Å². The molecule has 0 spiro atoms. The number of amides is 2. The Balaban J connectivity index is 1.30. The van der Waals surface area contributed by atoms with Gasteiger partial charge in [-0.3, -0.25) is 18.9 Å². The van der Waals surface area contributed by atoms with E-state index in [4.69, 9.17) is 0 Å². The van der Waals surface area contributed by atoms with Crippen LogP contribution in [0.25, 0.3) is 5.65 Å². The van der Waals surface area contributed by atoms with Crippen molar-refractivity contribution in [2.75, 3.05) is 30.3 Å². The monoisotopic (exact) mass is 422 g/mol. The van der Waals surface area contributed by atoms with Gasteiger partial charge >= 0.3 is 5.69 Å². The molecule has 1 saturated heterocycles. The Labute approximate surface area is 179 Å². The number of likely N-dealkylation sites (tertiary alicyclic amines) is 1. The molecule has 2 N–H and O–H groups in total. The Morgan fingerprint density at radius 1 is 0.839 bits per heavy atom. The van der Waals surface area contributed by atoms with Crippen molar-refractivity contribution in [2.24, 2.45) is 0 Å². The Kier molecular flexibility index (Phi) is 6.42. The molecule has 162 valence electrons. The summed E-state index contributed by atoms with van der Waals surface area (Å²) >= 11 is 0. The van der Waals surface area contributed by atoms with Crippen LogP contribution in [0.1, 0.15) is 25.7 Å². The molecule has 3 aromatic rings. The van der Waals surface area contributed by atoms with Gasteiger partial charge in [0.1, 0.15) is 6.54 Å². The lowest BCUT2D eigenvalue weighted by molar-refractivity contribution is -0.118. The number of pyridine rings is 1. The molecule has 1 aromatic carbocycles. The second kappa shape index (κ2) is 9.57. The average molecular weight is 422 g/mol. The number of anilines is 2. The van der Waals surface area contributed by atoms with Gasteiger partial charge in [-0.05, 0) is 62.3 Å². The predicted octanol–water partition coefficient (Wildman–Crippen LogP) is 1.95. The first-order chi connectivity index (χ1) is 15.1. The molecule has 9 heteroatoms. The van der Waals surface area contributed by atoms with Gasteiger partial charge < -0.3 is 10.6 Å². The summed E-state index contributed by atoms with van der Waals surface area (Å²) in [6.45, 7) is 2.14. The molecule has 0 atom stereocenters. The molecule has 0 aliphatic carbocycles. The lowest BCUT2D eigenvalue weighted by Gasteiger charge is -2.19. The van der Waals surface area contributed by atoms with Crippen LogP contribution in [0.3, 0.4) is 0 Å². The maximum Gasteiger partial charge on any atom is 0.350 e. The van der Waals surface area contributed by atoms with Crippen molar-refractivity contribution in [2.45, 2.75) is 32.2 Å². The van der Waals surface area contributed by atoms with Gasteiger partial charge in [-0.15, -0.1) is 5.10 Å². The lowest BCUT2D eigenvalue weighted by Crippen LogP contribution is -2.33. The molecule has 1 aliphatic heterocycles. The van der Waals surface area contributed by atoms with Gasteiger partial charge in [-0.1, -0.05) is 18.9 Å². The van der Waals surface area contributed by atoms with Crippen LogP contribution in [0.4, 0.5) is 11.4 Å². The quantitative estimate of drug-likeness (QED) is 0.632. The normalized spacial score (nSPS) is 14.8. The van der Waals surface area contributed by atoms with Gasteiger partial charge in [-0.25, -0.2) is 9.48 Å². The molecule has 0 unspecified atom stereocenters. The average Bonchev–Trinajstić information content (AvgIpc) is 2.91. The summed E-state index contributed by atoms with van der Waals surface area (Å²) in [5.41, 5.74) is 1.37. The molecule has 0 bridgehead atoms. The molecule has 1 fully saturated rings. The van der Waals surface area contributed by atoms with Crippen LogP contribution in [-0.2, 0) is 16.1 Å². The molecule has 3 heterocycles. The zero-order valence-corrected chi connectivity index (χ0v) is 17.3. The molecule has 9 nitrogen and oxygen atoms in total. The smallest absolute Gasteiger partial charge is 0.325 e. The topological polar surface area (TPSA) is 101 Å². The number of fused-ring (bicyclic) bond motifs is 1. The highest BCUT2D eigenvalue weighted by molar-refractivity contribution is 5.93. The van der Waals surface area contributed by atoms with Gasteiger partial charge in [0.05, 0.1) is 6.54 Å². The highest BCUT2D eigenvalue weighted by Gasteiger charge is 2.14. The van der Waals surface area contributed by atoms with Crippen LogP contribution in [0.15, 0.2) is 53.5 Å². The minimum absolute atomic E-state index is 0.0371. The number of nitrogens with one attached hydrogen (secondary N) is 2. The molecule has 2 amide bonds. The summed E-state index contributed by atoms with van der Waals surface area (Å²) in [6.07, 6.45) is 6.36. The summed E-state index contributed by atoms with van der Waals surface area (Å²) < 4.78 is 2.51. The Bertz CT molecular complexity index is 1110. The molecular formula is C22H26N6O3. The van der Waals surface area contributed by atoms with E-state index in [0.29, 0.717) is 23.6 Å². The third kappa shape index (κ3) is 5.37. The first kappa shape index (κ1) is 20.8. The van der Waals surface area contributed by atoms with E-state index in [-0.39, 0.29) is 24.0 Å². The molecule has 2 aromatic heterocycles. The number of carbonyl (C=O) groups is 2. The zero-order chi connectivity index (χ0) is 21.6. The van der Waals surface area contributed by atoms with Gasteiger partial charge in [0.25, 0.3) is 0 Å². The molecule has 0 saturated carbocycles.